The summed E-state index contributed by atoms with van der Waals surface area (Å²) in [4.78, 5) is 22.8. The minimum Gasteiger partial charge on any atom is -0.368 e. The lowest BCUT2D eigenvalue weighted by atomic mass is 9.97. The number of anilines is 1. The molecule has 0 aliphatic heterocycles. The third-order valence-electron chi connectivity index (χ3n) is 3.77. The Morgan fingerprint density at radius 3 is 2.86 bits per heavy atom. The number of amides is 1. The van der Waals surface area contributed by atoms with Gasteiger partial charge in [0.05, 0.1) is 5.39 Å². The smallest absolute Gasteiger partial charge is 0.216 e. The number of aryl methyl sites for hydroxylation is 2. The van der Waals surface area contributed by atoms with Crippen LogP contribution in [0.5, 0.6) is 0 Å². The Bertz CT molecular complexity index is 698. The van der Waals surface area contributed by atoms with Gasteiger partial charge in [-0.25, -0.2) is 9.97 Å². The van der Waals surface area contributed by atoms with Crippen molar-refractivity contribution < 1.29 is 4.79 Å². The highest BCUT2D eigenvalue weighted by Crippen LogP contribution is 2.39. The van der Waals surface area contributed by atoms with Gasteiger partial charge in [-0.1, -0.05) is 11.8 Å². The minimum atomic E-state index is -0.00708. The average molecular weight is 336 g/mol. The first-order valence-corrected chi connectivity index (χ1v) is 9.57. The number of aromatic nitrogens is 2. The lowest BCUT2D eigenvalue weighted by Gasteiger charge is -2.13. The number of nitrogens with one attached hydrogen (secondary N) is 2. The molecule has 0 fully saturated rings. The maximum atomic E-state index is 11.0. The topological polar surface area (TPSA) is 66.9 Å². The van der Waals surface area contributed by atoms with E-state index in [1.807, 2.05) is 17.6 Å². The van der Waals surface area contributed by atoms with E-state index in [2.05, 4.69) is 20.6 Å². The Kier molecular flexibility index (Phi) is 4.83. The van der Waals surface area contributed by atoms with Gasteiger partial charge in [0, 0.05) is 24.9 Å². The van der Waals surface area contributed by atoms with Gasteiger partial charge in [-0.05, 0) is 37.5 Å². The minimum absolute atomic E-state index is 0.00708. The van der Waals surface area contributed by atoms with Gasteiger partial charge in [0.1, 0.15) is 10.6 Å². The molecule has 0 unspecified atom stereocenters. The van der Waals surface area contributed by atoms with Crippen molar-refractivity contribution in [3.8, 4) is 0 Å². The van der Waals surface area contributed by atoms with Crippen LogP contribution in [-0.4, -0.2) is 35.2 Å². The molecule has 2 N–H and O–H groups in total. The fourth-order valence-electron chi connectivity index (χ4n) is 2.78. The molecule has 0 spiro atoms. The number of carbonyl (C=O) groups excluding carboxylic acids is 1. The molecule has 2 aromatic heterocycles. The van der Waals surface area contributed by atoms with E-state index in [0.29, 0.717) is 13.1 Å². The largest absolute Gasteiger partial charge is 0.368 e. The van der Waals surface area contributed by atoms with Gasteiger partial charge in [0.2, 0.25) is 5.91 Å². The zero-order chi connectivity index (χ0) is 15.5. The van der Waals surface area contributed by atoms with Crippen molar-refractivity contribution in [2.45, 2.75) is 37.8 Å². The molecule has 0 aromatic carbocycles. The molecule has 0 saturated carbocycles. The van der Waals surface area contributed by atoms with E-state index in [9.17, 15) is 4.79 Å². The summed E-state index contributed by atoms with van der Waals surface area (Å²) in [6.45, 7) is 2.80. The summed E-state index contributed by atoms with van der Waals surface area (Å²) < 4.78 is 0. The molecule has 1 aliphatic carbocycles. The van der Waals surface area contributed by atoms with Crippen molar-refractivity contribution in [1.82, 2.24) is 15.3 Å². The fourth-order valence-corrected chi connectivity index (χ4v) is 4.46. The first-order valence-electron chi connectivity index (χ1n) is 7.53. The number of rotatable bonds is 5. The molecular formula is C15H20N4OS2. The van der Waals surface area contributed by atoms with Crippen LogP contribution in [0.25, 0.3) is 10.2 Å². The molecule has 2 heterocycles. The summed E-state index contributed by atoms with van der Waals surface area (Å²) in [5.74, 6) is 0.909. The highest BCUT2D eigenvalue weighted by molar-refractivity contribution is 7.98. The molecule has 7 heteroatoms. The van der Waals surface area contributed by atoms with Crippen LogP contribution in [-0.2, 0) is 17.6 Å². The lowest BCUT2D eigenvalue weighted by Crippen LogP contribution is -2.26. The van der Waals surface area contributed by atoms with Crippen LogP contribution in [0.3, 0.4) is 0 Å². The van der Waals surface area contributed by atoms with Crippen molar-refractivity contribution in [2.24, 2.45) is 0 Å². The zero-order valence-corrected chi connectivity index (χ0v) is 14.5. The zero-order valence-electron chi connectivity index (χ0n) is 12.9. The predicted octanol–water partition coefficient (Wildman–Crippen LogP) is 2.84. The number of carbonyl (C=O) groups is 1. The van der Waals surface area contributed by atoms with E-state index >= 15 is 0 Å². The second-order valence-electron chi connectivity index (χ2n) is 5.36. The van der Waals surface area contributed by atoms with Crippen molar-refractivity contribution >= 4 is 45.0 Å². The number of thioether (sulfide) groups is 1. The van der Waals surface area contributed by atoms with Crippen LogP contribution >= 0.6 is 23.1 Å². The van der Waals surface area contributed by atoms with E-state index < -0.39 is 0 Å². The third-order valence-corrected chi connectivity index (χ3v) is 5.50. The van der Waals surface area contributed by atoms with Crippen LogP contribution in [0, 0.1) is 0 Å². The van der Waals surface area contributed by atoms with E-state index in [1.54, 1.807) is 11.8 Å². The molecule has 3 rings (SSSR count). The lowest BCUT2D eigenvalue weighted by molar-refractivity contribution is -0.118. The Morgan fingerprint density at radius 1 is 1.27 bits per heavy atom. The van der Waals surface area contributed by atoms with Crippen LogP contribution in [0.4, 0.5) is 5.82 Å². The number of fused-ring (bicyclic) bond motifs is 3. The van der Waals surface area contributed by atoms with Gasteiger partial charge >= 0.3 is 0 Å². The molecular weight excluding hydrogens is 316 g/mol. The summed E-state index contributed by atoms with van der Waals surface area (Å²) in [5.41, 5.74) is 1.43. The average Bonchev–Trinajstić information content (AvgIpc) is 2.89. The summed E-state index contributed by atoms with van der Waals surface area (Å²) >= 11 is 3.38. The fraction of sp³-hybridized carbons (Fsp3) is 0.533. The molecule has 22 heavy (non-hydrogen) atoms. The van der Waals surface area contributed by atoms with Gasteiger partial charge in [-0.3, -0.25) is 4.79 Å². The molecule has 1 aliphatic rings. The monoisotopic (exact) mass is 336 g/mol. The number of nitrogens with zero attached hydrogens (tertiary/aromatic N) is 2. The molecule has 2 aromatic rings. The van der Waals surface area contributed by atoms with Crippen molar-refractivity contribution in [2.75, 3.05) is 24.7 Å². The van der Waals surface area contributed by atoms with Crippen molar-refractivity contribution in [3.05, 3.63) is 10.4 Å². The number of hydrogen-bond donors (Lipinski definition) is 2. The predicted molar refractivity (Wildman–Crippen MR) is 93.0 cm³/mol. The molecule has 5 nitrogen and oxygen atoms in total. The SMILES string of the molecule is CSc1nc(NCCNC(C)=O)c2c3c(sc2n1)CCCC3. The standard InChI is InChI=1S/C15H20N4OS2/c1-9(20)16-7-8-17-13-12-10-5-3-4-6-11(10)22-14(12)19-15(18-13)21-2/h3-8H2,1-2H3,(H,16,20)(H,17,18,19). The van der Waals surface area contributed by atoms with Crippen molar-refractivity contribution in [1.29, 1.82) is 0 Å². The highest BCUT2D eigenvalue weighted by Gasteiger charge is 2.20. The quantitative estimate of drug-likeness (QED) is 0.499. The molecule has 0 bridgehead atoms. The third kappa shape index (κ3) is 3.20. The van der Waals surface area contributed by atoms with Crippen molar-refractivity contribution in [3.63, 3.8) is 0 Å². The molecule has 1 amide bonds. The highest BCUT2D eigenvalue weighted by atomic mass is 32.2. The second-order valence-corrected chi connectivity index (χ2v) is 7.22. The molecule has 118 valence electrons. The molecule has 0 radical (unpaired) electrons. The number of hydrogen-bond acceptors (Lipinski definition) is 6. The summed E-state index contributed by atoms with van der Waals surface area (Å²) in [6, 6.07) is 0. The van der Waals surface area contributed by atoms with Gasteiger partial charge in [-0.2, -0.15) is 0 Å². The van der Waals surface area contributed by atoms with E-state index in [1.165, 1.54) is 35.6 Å². The maximum absolute atomic E-state index is 11.0. The first kappa shape index (κ1) is 15.6. The van der Waals surface area contributed by atoms with E-state index in [4.69, 9.17) is 0 Å². The Balaban J connectivity index is 1.91. The summed E-state index contributed by atoms with van der Waals surface area (Å²) in [7, 11) is 0. The first-order chi connectivity index (χ1) is 10.7. The van der Waals surface area contributed by atoms with Crippen LogP contribution in [0.2, 0.25) is 0 Å². The van der Waals surface area contributed by atoms with E-state index in [0.717, 1.165) is 28.6 Å². The Hall–Kier alpha value is -1.34. The van der Waals surface area contributed by atoms with Gasteiger partial charge < -0.3 is 10.6 Å². The maximum Gasteiger partial charge on any atom is 0.216 e. The summed E-state index contributed by atoms with van der Waals surface area (Å²) in [5, 5.41) is 8.18. The molecule has 0 saturated heterocycles. The Morgan fingerprint density at radius 2 is 2.09 bits per heavy atom. The van der Waals surface area contributed by atoms with Gasteiger partial charge in [0.15, 0.2) is 5.16 Å². The number of thiophene rings is 1. The van der Waals surface area contributed by atoms with Crippen LogP contribution in [0.15, 0.2) is 5.16 Å². The Labute approximate surface area is 138 Å². The summed E-state index contributed by atoms with van der Waals surface area (Å²) in [6.07, 6.45) is 6.80. The molecule has 0 atom stereocenters. The van der Waals surface area contributed by atoms with Crippen LogP contribution in [0.1, 0.15) is 30.2 Å². The van der Waals surface area contributed by atoms with Crippen LogP contribution < -0.4 is 10.6 Å². The normalized spacial score (nSPS) is 13.9. The second kappa shape index (κ2) is 6.83. The van der Waals surface area contributed by atoms with Gasteiger partial charge in [0.25, 0.3) is 0 Å². The van der Waals surface area contributed by atoms with Gasteiger partial charge in [-0.15, -0.1) is 11.3 Å². The van der Waals surface area contributed by atoms with E-state index in [-0.39, 0.29) is 5.91 Å².